The number of nitrogens with two attached hydrogens (primary N) is 1. The van der Waals surface area contributed by atoms with Crippen LogP contribution in [0.25, 0.3) is 0 Å². The van der Waals surface area contributed by atoms with E-state index >= 15 is 0 Å². The van der Waals surface area contributed by atoms with Crippen LogP contribution in [0, 0.1) is 17.2 Å². The summed E-state index contributed by atoms with van der Waals surface area (Å²) in [6.45, 7) is 10.1. The van der Waals surface area contributed by atoms with Gasteiger partial charge < -0.3 is 11.1 Å². The van der Waals surface area contributed by atoms with Crippen LogP contribution in [0.5, 0.6) is 0 Å². The van der Waals surface area contributed by atoms with Gasteiger partial charge in [0.1, 0.15) is 5.82 Å². The fraction of sp³-hybridized carbons (Fsp3) is 0.588. The number of amides is 1. The van der Waals surface area contributed by atoms with Gasteiger partial charge in [-0.15, -0.1) is 0 Å². The van der Waals surface area contributed by atoms with Crippen LogP contribution in [-0.4, -0.2) is 11.9 Å². The molecule has 118 valence electrons. The SMILES string of the molecule is CCC(C)C(N)C(=O)NC(c1ccc(F)cc1)C(C)(C)C. The molecule has 3 atom stereocenters. The minimum atomic E-state index is -0.528. The van der Waals surface area contributed by atoms with E-state index in [1.54, 1.807) is 12.1 Å². The van der Waals surface area contributed by atoms with Crippen molar-refractivity contribution < 1.29 is 9.18 Å². The molecule has 0 aliphatic carbocycles. The van der Waals surface area contributed by atoms with Crippen LogP contribution in [-0.2, 0) is 4.79 Å². The Balaban J connectivity index is 2.95. The van der Waals surface area contributed by atoms with Gasteiger partial charge in [0.15, 0.2) is 0 Å². The molecular weight excluding hydrogens is 267 g/mol. The van der Waals surface area contributed by atoms with Crippen LogP contribution in [0.1, 0.15) is 52.6 Å². The highest BCUT2D eigenvalue weighted by Crippen LogP contribution is 2.33. The van der Waals surface area contributed by atoms with E-state index < -0.39 is 6.04 Å². The fourth-order valence-corrected chi connectivity index (χ4v) is 2.21. The Morgan fingerprint density at radius 1 is 1.29 bits per heavy atom. The van der Waals surface area contributed by atoms with Gasteiger partial charge in [0.2, 0.25) is 5.91 Å². The Kier molecular flexibility index (Phi) is 5.90. The molecule has 1 aromatic carbocycles. The van der Waals surface area contributed by atoms with E-state index in [1.165, 1.54) is 12.1 Å². The lowest BCUT2D eigenvalue weighted by Crippen LogP contribution is -2.48. The van der Waals surface area contributed by atoms with Gasteiger partial charge in [-0.2, -0.15) is 0 Å². The molecule has 3 N–H and O–H groups in total. The second-order valence-electron chi connectivity index (χ2n) is 6.77. The first-order chi connectivity index (χ1) is 9.66. The topological polar surface area (TPSA) is 55.1 Å². The number of carbonyl (C=O) groups excluding carboxylic acids is 1. The maximum Gasteiger partial charge on any atom is 0.237 e. The third-order valence-electron chi connectivity index (χ3n) is 3.92. The van der Waals surface area contributed by atoms with Crippen molar-refractivity contribution >= 4 is 5.91 Å². The second-order valence-corrected chi connectivity index (χ2v) is 6.77. The smallest absolute Gasteiger partial charge is 0.237 e. The highest BCUT2D eigenvalue weighted by Gasteiger charge is 2.30. The van der Waals surface area contributed by atoms with Gasteiger partial charge in [0, 0.05) is 0 Å². The summed E-state index contributed by atoms with van der Waals surface area (Å²) in [5.41, 5.74) is 6.68. The first-order valence-electron chi connectivity index (χ1n) is 7.48. The third kappa shape index (κ3) is 4.81. The molecule has 1 rings (SSSR count). The molecule has 0 aliphatic rings. The lowest BCUT2D eigenvalue weighted by Gasteiger charge is -2.33. The monoisotopic (exact) mass is 294 g/mol. The average molecular weight is 294 g/mol. The molecular formula is C17H27FN2O. The fourth-order valence-electron chi connectivity index (χ4n) is 2.21. The van der Waals surface area contributed by atoms with Crippen LogP contribution in [0.15, 0.2) is 24.3 Å². The number of hydrogen-bond acceptors (Lipinski definition) is 2. The molecule has 3 nitrogen and oxygen atoms in total. The minimum Gasteiger partial charge on any atom is -0.347 e. The lowest BCUT2D eigenvalue weighted by molar-refractivity contribution is -0.125. The molecule has 0 aliphatic heterocycles. The molecule has 21 heavy (non-hydrogen) atoms. The largest absolute Gasteiger partial charge is 0.347 e. The molecule has 0 saturated heterocycles. The number of benzene rings is 1. The van der Waals surface area contributed by atoms with E-state index in [1.807, 2.05) is 34.6 Å². The van der Waals surface area contributed by atoms with Gasteiger partial charge in [-0.1, -0.05) is 53.2 Å². The summed E-state index contributed by atoms with van der Waals surface area (Å²) < 4.78 is 13.1. The van der Waals surface area contributed by atoms with Crippen molar-refractivity contribution in [2.24, 2.45) is 17.1 Å². The van der Waals surface area contributed by atoms with Crippen LogP contribution >= 0.6 is 0 Å². The van der Waals surface area contributed by atoms with Crippen molar-refractivity contribution in [1.82, 2.24) is 5.32 Å². The molecule has 0 aromatic heterocycles. The summed E-state index contributed by atoms with van der Waals surface area (Å²) >= 11 is 0. The molecule has 0 fully saturated rings. The van der Waals surface area contributed by atoms with Gasteiger partial charge in [-0.05, 0) is 29.0 Å². The zero-order chi connectivity index (χ0) is 16.2. The molecule has 0 saturated carbocycles. The van der Waals surface area contributed by atoms with Crippen molar-refractivity contribution in [2.45, 2.75) is 53.1 Å². The molecule has 0 spiro atoms. The summed E-state index contributed by atoms with van der Waals surface area (Å²) in [5.74, 6) is -0.318. The van der Waals surface area contributed by atoms with E-state index in [9.17, 15) is 9.18 Å². The van der Waals surface area contributed by atoms with Crippen molar-refractivity contribution in [3.8, 4) is 0 Å². The summed E-state index contributed by atoms with van der Waals surface area (Å²) in [4.78, 5) is 12.3. The van der Waals surface area contributed by atoms with Gasteiger partial charge >= 0.3 is 0 Å². The van der Waals surface area contributed by atoms with Gasteiger partial charge in [-0.3, -0.25) is 4.79 Å². The predicted molar refractivity (Wildman–Crippen MR) is 84.2 cm³/mol. The molecule has 1 amide bonds. The standard InChI is InChI=1S/C17H27FN2O/c1-6-11(2)14(19)16(21)20-15(17(3,4)5)12-7-9-13(18)10-8-12/h7-11,14-15H,6,19H2,1-5H3,(H,20,21). The van der Waals surface area contributed by atoms with Crippen LogP contribution in [0.2, 0.25) is 0 Å². The minimum absolute atomic E-state index is 0.124. The number of nitrogens with one attached hydrogen (secondary N) is 1. The van der Waals surface area contributed by atoms with E-state index in [0.29, 0.717) is 0 Å². The van der Waals surface area contributed by atoms with Gasteiger partial charge in [0.05, 0.1) is 12.1 Å². The zero-order valence-corrected chi connectivity index (χ0v) is 13.6. The van der Waals surface area contributed by atoms with Crippen molar-refractivity contribution in [3.05, 3.63) is 35.6 Å². The van der Waals surface area contributed by atoms with Gasteiger partial charge in [0.25, 0.3) is 0 Å². The van der Waals surface area contributed by atoms with Crippen LogP contribution < -0.4 is 11.1 Å². The molecule has 3 unspecified atom stereocenters. The maximum atomic E-state index is 13.1. The van der Waals surface area contributed by atoms with Crippen molar-refractivity contribution in [2.75, 3.05) is 0 Å². The second kappa shape index (κ2) is 7.03. The summed E-state index contributed by atoms with van der Waals surface area (Å²) in [6.07, 6.45) is 0.852. The Morgan fingerprint density at radius 3 is 2.24 bits per heavy atom. The molecule has 0 heterocycles. The van der Waals surface area contributed by atoms with E-state index in [0.717, 1.165) is 12.0 Å². The van der Waals surface area contributed by atoms with E-state index in [2.05, 4.69) is 5.32 Å². The third-order valence-corrected chi connectivity index (χ3v) is 3.92. The van der Waals surface area contributed by atoms with Crippen LogP contribution in [0.3, 0.4) is 0 Å². The lowest BCUT2D eigenvalue weighted by atomic mass is 9.82. The van der Waals surface area contributed by atoms with Crippen LogP contribution in [0.4, 0.5) is 4.39 Å². The number of hydrogen-bond donors (Lipinski definition) is 2. The Bertz CT molecular complexity index is 465. The quantitative estimate of drug-likeness (QED) is 0.874. The molecule has 0 bridgehead atoms. The normalized spacial score (nSPS) is 16.1. The van der Waals surface area contributed by atoms with Gasteiger partial charge in [-0.25, -0.2) is 4.39 Å². The molecule has 0 radical (unpaired) electrons. The van der Waals surface area contributed by atoms with Crippen molar-refractivity contribution in [1.29, 1.82) is 0 Å². The highest BCUT2D eigenvalue weighted by molar-refractivity contribution is 5.82. The summed E-state index contributed by atoms with van der Waals surface area (Å²) in [7, 11) is 0. The number of halogens is 1. The van der Waals surface area contributed by atoms with E-state index in [-0.39, 0.29) is 29.1 Å². The zero-order valence-electron chi connectivity index (χ0n) is 13.6. The number of carbonyl (C=O) groups is 1. The predicted octanol–water partition coefficient (Wildman–Crippen LogP) is 3.40. The first-order valence-corrected chi connectivity index (χ1v) is 7.48. The number of rotatable bonds is 5. The Hall–Kier alpha value is -1.42. The molecule has 1 aromatic rings. The Labute approximate surface area is 127 Å². The summed E-state index contributed by atoms with van der Waals surface area (Å²) in [6, 6.07) is 5.51. The molecule has 4 heteroatoms. The highest BCUT2D eigenvalue weighted by atomic mass is 19.1. The first kappa shape index (κ1) is 17.6. The Morgan fingerprint density at radius 2 is 1.81 bits per heavy atom. The summed E-state index contributed by atoms with van der Waals surface area (Å²) in [5, 5.41) is 3.02. The van der Waals surface area contributed by atoms with Crippen molar-refractivity contribution in [3.63, 3.8) is 0 Å². The average Bonchev–Trinajstić information content (AvgIpc) is 2.42. The maximum absolute atomic E-state index is 13.1. The van der Waals surface area contributed by atoms with E-state index in [4.69, 9.17) is 5.73 Å².